The van der Waals surface area contributed by atoms with Crippen LogP contribution in [0.5, 0.6) is 11.5 Å². The number of likely N-dealkylation sites (N-methyl/N-ethyl adjacent to an activating group) is 1. The van der Waals surface area contributed by atoms with Crippen LogP contribution >= 0.6 is 0 Å². The molecule has 0 fully saturated rings. The first-order valence-corrected chi connectivity index (χ1v) is 14.9. The van der Waals surface area contributed by atoms with Crippen LogP contribution in [-0.2, 0) is 26.2 Å². The standard InChI is InChI=1S/C30H34FN3O6S/c1-4-26(30(36)32-5-2)33(19-22-9-7-6-8-21(22)3)29(35)20-34(24-12-10-23(31)11-13-24)41(37,38)25-14-15-27-28(18-25)40-17-16-39-27/h6-15,18,26H,4-5,16-17,19-20H2,1-3H3,(H,32,36). The summed E-state index contributed by atoms with van der Waals surface area (Å²) >= 11 is 0. The van der Waals surface area contributed by atoms with Crippen LogP contribution in [0.4, 0.5) is 10.1 Å². The molecule has 1 aliphatic heterocycles. The van der Waals surface area contributed by atoms with Gasteiger partial charge in [-0.15, -0.1) is 0 Å². The number of ether oxygens (including phenoxy) is 2. The Labute approximate surface area is 239 Å². The number of benzene rings is 3. The molecule has 1 aliphatic rings. The Balaban J connectivity index is 1.75. The van der Waals surface area contributed by atoms with E-state index in [1.165, 1.54) is 35.2 Å². The van der Waals surface area contributed by atoms with Gasteiger partial charge in [0.15, 0.2) is 11.5 Å². The third-order valence-electron chi connectivity index (χ3n) is 6.83. The summed E-state index contributed by atoms with van der Waals surface area (Å²) in [4.78, 5) is 28.4. The van der Waals surface area contributed by atoms with Crippen molar-refractivity contribution in [3.8, 4) is 11.5 Å². The average Bonchev–Trinajstić information content (AvgIpc) is 2.97. The molecule has 3 aromatic carbocycles. The summed E-state index contributed by atoms with van der Waals surface area (Å²) in [7, 11) is -4.35. The van der Waals surface area contributed by atoms with Crippen LogP contribution in [0.15, 0.2) is 71.6 Å². The summed E-state index contributed by atoms with van der Waals surface area (Å²) in [5.41, 5.74) is 1.85. The van der Waals surface area contributed by atoms with E-state index in [4.69, 9.17) is 9.47 Å². The van der Waals surface area contributed by atoms with Gasteiger partial charge in [-0.25, -0.2) is 12.8 Å². The van der Waals surface area contributed by atoms with E-state index < -0.39 is 34.3 Å². The van der Waals surface area contributed by atoms with Gasteiger partial charge in [-0.3, -0.25) is 13.9 Å². The number of nitrogens with one attached hydrogen (secondary N) is 1. The van der Waals surface area contributed by atoms with Crippen LogP contribution in [0.25, 0.3) is 0 Å². The van der Waals surface area contributed by atoms with Crippen molar-refractivity contribution in [3.63, 3.8) is 0 Å². The fourth-order valence-electron chi connectivity index (χ4n) is 4.63. The maximum absolute atomic E-state index is 14.1. The number of sulfonamides is 1. The molecule has 3 aromatic rings. The second-order valence-corrected chi connectivity index (χ2v) is 11.4. The third kappa shape index (κ3) is 6.79. The molecule has 0 aliphatic carbocycles. The lowest BCUT2D eigenvalue weighted by molar-refractivity contribution is -0.140. The highest BCUT2D eigenvalue weighted by molar-refractivity contribution is 7.92. The molecule has 218 valence electrons. The average molecular weight is 584 g/mol. The molecular weight excluding hydrogens is 549 g/mol. The normalized spacial score (nSPS) is 13.3. The van der Waals surface area contributed by atoms with Gasteiger partial charge < -0.3 is 19.7 Å². The number of anilines is 1. The number of hydrogen-bond donors (Lipinski definition) is 1. The summed E-state index contributed by atoms with van der Waals surface area (Å²) in [5.74, 6) is -0.792. The molecule has 1 unspecified atom stereocenters. The predicted molar refractivity (Wildman–Crippen MR) is 153 cm³/mol. The molecule has 1 atom stereocenters. The Hall–Kier alpha value is -4.12. The smallest absolute Gasteiger partial charge is 0.264 e. The molecular formula is C30H34FN3O6S. The van der Waals surface area contributed by atoms with E-state index >= 15 is 0 Å². The molecule has 2 amide bonds. The molecule has 0 bridgehead atoms. The van der Waals surface area contributed by atoms with E-state index in [1.807, 2.05) is 31.2 Å². The molecule has 4 rings (SSSR count). The molecule has 0 spiro atoms. The van der Waals surface area contributed by atoms with Gasteiger partial charge in [-0.2, -0.15) is 0 Å². The largest absolute Gasteiger partial charge is 0.486 e. The lowest BCUT2D eigenvalue weighted by atomic mass is 10.1. The summed E-state index contributed by atoms with van der Waals surface area (Å²) in [6.07, 6.45) is 0.314. The van der Waals surface area contributed by atoms with E-state index in [0.717, 1.165) is 27.6 Å². The van der Waals surface area contributed by atoms with Gasteiger partial charge >= 0.3 is 0 Å². The van der Waals surface area contributed by atoms with Gasteiger partial charge in [-0.05, 0) is 67.8 Å². The van der Waals surface area contributed by atoms with Crippen molar-refractivity contribution in [3.05, 3.63) is 83.7 Å². The highest BCUT2D eigenvalue weighted by Gasteiger charge is 2.34. The van der Waals surface area contributed by atoms with Crippen LogP contribution in [-0.4, -0.2) is 57.5 Å². The number of fused-ring (bicyclic) bond motifs is 1. The Morgan fingerprint density at radius 1 is 0.976 bits per heavy atom. The molecule has 11 heteroatoms. The number of halogens is 1. The van der Waals surface area contributed by atoms with Crippen molar-refractivity contribution >= 4 is 27.5 Å². The van der Waals surface area contributed by atoms with Crippen LogP contribution in [0.1, 0.15) is 31.4 Å². The first kappa shape index (κ1) is 29.9. The van der Waals surface area contributed by atoms with Crippen LogP contribution < -0.4 is 19.1 Å². The summed E-state index contributed by atoms with van der Waals surface area (Å²) in [6, 6.07) is 15.7. The van der Waals surface area contributed by atoms with E-state index in [9.17, 15) is 22.4 Å². The Morgan fingerprint density at radius 2 is 1.66 bits per heavy atom. The molecule has 0 radical (unpaired) electrons. The van der Waals surface area contributed by atoms with E-state index in [-0.39, 0.29) is 35.4 Å². The fourth-order valence-corrected chi connectivity index (χ4v) is 6.06. The number of carbonyl (C=O) groups excluding carboxylic acids is 2. The molecule has 9 nitrogen and oxygen atoms in total. The maximum atomic E-state index is 14.1. The molecule has 41 heavy (non-hydrogen) atoms. The summed E-state index contributed by atoms with van der Waals surface area (Å²) < 4.78 is 53.9. The second kappa shape index (κ2) is 13.0. The summed E-state index contributed by atoms with van der Waals surface area (Å²) in [6.45, 7) is 5.95. The molecule has 1 heterocycles. The third-order valence-corrected chi connectivity index (χ3v) is 8.60. The van der Waals surface area contributed by atoms with Gasteiger partial charge in [0.1, 0.15) is 31.6 Å². The van der Waals surface area contributed by atoms with Crippen molar-refractivity contribution in [1.29, 1.82) is 0 Å². The van der Waals surface area contributed by atoms with Crippen molar-refractivity contribution in [2.75, 3.05) is 30.6 Å². The fraction of sp³-hybridized carbons (Fsp3) is 0.333. The van der Waals surface area contributed by atoms with Gasteiger partial charge in [0.05, 0.1) is 10.6 Å². The maximum Gasteiger partial charge on any atom is 0.264 e. The highest BCUT2D eigenvalue weighted by atomic mass is 32.2. The van der Waals surface area contributed by atoms with Crippen molar-refractivity contribution in [2.24, 2.45) is 0 Å². The number of nitrogens with zero attached hydrogens (tertiary/aromatic N) is 2. The number of amides is 2. The molecule has 0 aromatic heterocycles. The van der Waals surface area contributed by atoms with Crippen LogP contribution in [0, 0.1) is 12.7 Å². The Kier molecular flexibility index (Phi) is 9.49. The minimum Gasteiger partial charge on any atom is -0.486 e. The predicted octanol–water partition coefficient (Wildman–Crippen LogP) is 4.04. The summed E-state index contributed by atoms with van der Waals surface area (Å²) in [5, 5.41) is 2.78. The van der Waals surface area contributed by atoms with Crippen LogP contribution in [0.2, 0.25) is 0 Å². The number of carbonyl (C=O) groups is 2. The van der Waals surface area contributed by atoms with Crippen molar-refractivity contribution in [1.82, 2.24) is 10.2 Å². The minimum atomic E-state index is -4.35. The zero-order chi connectivity index (χ0) is 29.6. The Bertz CT molecular complexity index is 1500. The molecule has 0 saturated heterocycles. The van der Waals surface area contributed by atoms with Crippen molar-refractivity contribution < 1.29 is 31.9 Å². The second-order valence-electron chi connectivity index (χ2n) is 9.56. The monoisotopic (exact) mass is 583 g/mol. The van der Waals surface area contributed by atoms with Crippen LogP contribution in [0.3, 0.4) is 0 Å². The first-order chi connectivity index (χ1) is 19.6. The van der Waals surface area contributed by atoms with E-state index in [1.54, 1.807) is 13.8 Å². The highest BCUT2D eigenvalue weighted by Crippen LogP contribution is 2.34. The quantitative estimate of drug-likeness (QED) is 0.365. The SMILES string of the molecule is CCNC(=O)C(CC)N(Cc1ccccc1C)C(=O)CN(c1ccc(F)cc1)S(=O)(=O)c1ccc2c(c1)OCCO2. The number of rotatable bonds is 11. The zero-order valence-electron chi connectivity index (χ0n) is 23.3. The zero-order valence-corrected chi connectivity index (χ0v) is 24.1. The molecule has 0 saturated carbocycles. The first-order valence-electron chi connectivity index (χ1n) is 13.4. The van der Waals surface area contributed by atoms with Crippen molar-refractivity contribution in [2.45, 2.75) is 44.7 Å². The van der Waals surface area contributed by atoms with E-state index in [0.29, 0.717) is 25.3 Å². The number of hydrogen-bond acceptors (Lipinski definition) is 6. The topological polar surface area (TPSA) is 105 Å². The van der Waals surface area contributed by atoms with Gasteiger partial charge in [0.2, 0.25) is 11.8 Å². The minimum absolute atomic E-state index is 0.0940. The molecule has 1 N–H and O–H groups in total. The van der Waals surface area contributed by atoms with E-state index in [2.05, 4.69) is 5.32 Å². The van der Waals surface area contributed by atoms with Gasteiger partial charge in [0, 0.05) is 19.2 Å². The van der Waals surface area contributed by atoms with Gasteiger partial charge in [0.25, 0.3) is 10.0 Å². The van der Waals surface area contributed by atoms with Gasteiger partial charge in [-0.1, -0.05) is 31.2 Å². The number of aryl methyl sites for hydroxylation is 1. The lowest BCUT2D eigenvalue weighted by Gasteiger charge is -2.33. The Morgan fingerprint density at radius 3 is 2.32 bits per heavy atom. The lowest BCUT2D eigenvalue weighted by Crippen LogP contribution is -2.52.